The van der Waals surface area contributed by atoms with E-state index in [0.29, 0.717) is 11.4 Å². The number of carbonyl (C=O) groups excluding carboxylic acids is 1. The van der Waals surface area contributed by atoms with E-state index in [1.165, 1.54) is 19.3 Å². The van der Waals surface area contributed by atoms with Crippen molar-refractivity contribution < 1.29 is 4.79 Å². The average Bonchev–Trinajstić information content (AvgIpc) is 2.35. The first kappa shape index (κ1) is 15.4. The number of thiocarbonyl (C=S) groups is 1. The Balaban J connectivity index is 2.41. The van der Waals surface area contributed by atoms with Gasteiger partial charge in [-0.1, -0.05) is 57.7 Å². The summed E-state index contributed by atoms with van der Waals surface area (Å²) in [4.78, 5) is 12.4. The number of nitrogens with two attached hydrogens (primary N) is 1. The standard InChI is InChI=1S/C14H26N2OS/c1-2-3-4-6-9-12(17)16-14(13(15)18)10-7-5-8-11-14/h2-11H2,1H3,(H2,15,18)(H,16,17). The number of unbranched alkanes of at least 4 members (excludes halogenated alkanes) is 3. The Hall–Kier alpha value is -0.640. The van der Waals surface area contributed by atoms with Gasteiger partial charge in [0.05, 0.1) is 10.5 Å². The maximum absolute atomic E-state index is 12.0. The van der Waals surface area contributed by atoms with Gasteiger partial charge in [-0.2, -0.15) is 0 Å². The van der Waals surface area contributed by atoms with Gasteiger partial charge in [0, 0.05) is 6.42 Å². The van der Waals surface area contributed by atoms with Crippen LogP contribution in [0.25, 0.3) is 0 Å². The van der Waals surface area contributed by atoms with Crippen molar-refractivity contribution in [2.75, 3.05) is 0 Å². The fourth-order valence-electron chi connectivity index (χ4n) is 2.63. The van der Waals surface area contributed by atoms with Gasteiger partial charge < -0.3 is 11.1 Å². The van der Waals surface area contributed by atoms with Gasteiger partial charge in [-0.3, -0.25) is 4.79 Å². The maximum atomic E-state index is 12.0. The zero-order chi connectivity index (χ0) is 13.4. The Labute approximate surface area is 116 Å². The molecule has 0 spiro atoms. The molecule has 0 aromatic rings. The van der Waals surface area contributed by atoms with Crippen LogP contribution in [0.4, 0.5) is 0 Å². The second-order valence-electron chi connectivity index (χ2n) is 5.37. The van der Waals surface area contributed by atoms with Crippen molar-refractivity contribution in [3.63, 3.8) is 0 Å². The molecule has 1 aliphatic carbocycles. The minimum atomic E-state index is -0.393. The van der Waals surface area contributed by atoms with E-state index in [1.54, 1.807) is 0 Å². The number of nitrogens with one attached hydrogen (secondary N) is 1. The summed E-state index contributed by atoms with van der Waals surface area (Å²) >= 11 is 5.16. The highest BCUT2D eigenvalue weighted by Crippen LogP contribution is 2.28. The van der Waals surface area contributed by atoms with E-state index >= 15 is 0 Å². The highest BCUT2D eigenvalue weighted by atomic mass is 32.1. The van der Waals surface area contributed by atoms with E-state index in [4.69, 9.17) is 18.0 Å². The Morgan fingerprint density at radius 3 is 2.44 bits per heavy atom. The zero-order valence-electron chi connectivity index (χ0n) is 11.5. The van der Waals surface area contributed by atoms with Crippen LogP contribution in [0.5, 0.6) is 0 Å². The lowest BCUT2D eigenvalue weighted by Gasteiger charge is -2.37. The highest BCUT2D eigenvalue weighted by Gasteiger charge is 2.36. The van der Waals surface area contributed by atoms with E-state index in [9.17, 15) is 4.79 Å². The zero-order valence-corrected chi connectivity index (χ0v) is 12.3. The fraction of sp³-hybridized carbons (Fsp3) is 0.857. The second kappa shape index (κ2) is 7.72. The summed E-state index contributed by atoms with van der Waals surface area (Å²) in [5, 5.41) is 3.10. The molecule has 1 amide bonds. The smallest absolute Gasteiger partial charge is 0.220 e. The molecular weight excluding hydrogens is 244 g/mol. The van der Waals surface area contributed by atoms with Crippen molar-refractivity contribution in [3.05, 3.63) is 0 Å². The molecule has 3 N–H and O–H groups in total. The summed E-state index contributed by atoms with van der Waals surface area (Å²) in [7, 11) is 0. The molecule has 0 atom stereocenters. The summed E-state index contributed by atoms with van der Waals surface area (Å²) in [6.45, 7) is 2.17. The van der Waals surface area contributed by atoms with Crippen LogP contribution in [0.1, 0.15) is 71.1 Å². The lowest BCUT2D eigenvalue weighted by atomic mass is 9.81. The molecule has 0 heterocycles. The van der Waals surface area contributed by atoms with Gasteiger partial charge in [-0.05, 0) is 19.3 Å². The molecule has 0 aliphatic heterocycles. The fourth-order valence-corrected chi connectivity index (χ4v) is 2.89. The SMILES string of the molecule is CCCCCCC(=O)NC1(C(N)=S)CCCCC1. The molecule has 4 heteroatoms. The molecule has 1 fully saturated rings. The van der Waals surface area contributed by atoms with Crippen molar-refractivity contribution in [1.82, 2.24) is 5.32 Å². The monoisotopic (exact) mass is 270 g/mol. The topological polar surface area (TPSA) is 55.1 Å². The van der Waals surface area contributed by atoms with E-state index in [-0.39, 0.29) is 5.91 Å². The number of rotatable bonds is 7. The van der Waals surface area contributed by atoms with E-state index < -0.39 is 5.54 Å². The Kier molecular flexibility index (Phi) is 6.61. The van der Waals surface area contributed by atoms with Gasteiger partial charge in [-0.15, -0.1) is 0 Å². The maximum Gasteiger partial charge on any atom is 0.220 e. The molecule has 18 heavy (non-hydrogen) atoms. The molecule has 104 valence electrons. The molecule has 0 radical (unpaired) electrons. The number of hydrogen-bond donors (Lipinski definition) is 2. The predicted molar refractivity (Wildman–Crippen MR) is 79.5 cm³/mol. The number of hydrogen-bond acceptors (Lipinski definition) is 2. The Morgan fingerprint density at radius 2 is 1.89 bits per heavy atom. The third kappa shape index (κ3) is 4.56. The minimum Gasteiger partial charge on any atom is -0.391 e. The van der Waals surface area contributed by atoms with Crippen molar-refractivity contribution in [2.45, 2.75) is 76.7 Å². The van der Waals surface area contributed by atoms with Crippen LogP contribution >= 0.6 is 12.2 Å². The van der Waals surface area contributed by atoms with Crippen molar-refractivity contribution in [1.29, 1.82) is 0 Å². The highest BCUT2D eigenvalue weighted by molar-refractivity contribution is 7.80. The lowest BCUT2D eigenvalue weighted by Crippen LogP contribution is -2.57. The van der Waals surface area contributed by atoms with Crippen LogP contribution in [0.2, 0.25) is 0 Å². The number of amides is 1. The largest absolute Gasteiger partial charge is 0.391 e. The van der Waals surface area contributed by atoms with Gasteiger partial charge >= 0.3 is 0 Å². The first-order valence-corrected chi connectivity index (χ1v) is 7.62. The molecule has 0 bridgehead atoms. The second-order valence-corrected chi connectivity index (χ2v) is 5.81. The summed E-state index contributed by atoms with van der Waals surface area (Å²) in [6.07, 6.45) is 10.3. The Bertz CT molecular complexity index is 286. The van der Waals surface area contributed by atoms with Crippen molar-refractivity contribution in [2.24, 2.45) is 5.73 Å². The molecule has 1 aliphatic rings. The van der Waals surface area contributed by atoms with Crippen molar-refractivity contribution in [3.8, 4) is 0 Å². The molecule has 3 nitrogen and oxygen atoms in total. The Morgan fingerprint density at radius 1 is 1.22 bits per heavy atom. The van der Waals surface area contributed by atoms with Crippen LogP contribution in [-0.4, -0.2) is 16.4 Å². The molecule has 0 saturated heterocycles. The third-order valence-electron chi connectivity index (χ3n) is 3.81. The van der Waals surface area contributed by atoms with E-state index in [0.717, 1.165) is 38.5 Å². The van der Waals surface area contributed by atoms with Crippen LogP contribution in [0.15, 0.2) is 0 Å². The van der Waals surface area contributed by atoms with Crippen LogP contribution in [-0.2, 0) is 4.79 Å². The predicted octanol–water partition coefficient (Wildman–Crippen LogP) is 3.06. The molecular formula is C14H26N2OS. The molecule has 1 rings (SSSR count). The van der Waals surface area contributed by atoms with E-state index in [1.807, 2.05) is 0 Å². The minimum absolute atomic E-state index is 0.112. The molecule has 0 aromatic heterocycles. The van der Waals surface area contributed by atoms with Crippen LogP contribution < -0.4 is 11.1 Å². The molecule has 0 unspecified atom stereocenters. The third-order valence-corrected chi connectivity index (χ3v) is 4.21. The van der Waals surface area contributed by atoms with E-state index in [2.05, 4.69) is 12.2 Å². The summed E-state index contributed by atoms with van der Waals surface area (Å²) < 4.78 is 0. The van der Waals surface area contributed by atoms with Crippen LogP contribution in [0, 0.1) is 0 Å². The normalized spacial score (nSPS) is 18.3. The average molecular weight is 270 g/mol. The summed E-state index contributed by atoms with van der Waals surface area (Å²) in [5.41, 5.74) is 5.45. The first-order chi connectivity index (χ1) is 8.60. The lowest BCUT2D eigenvalue weighted by molar-refractivity contribution is -0.122. The van der Waals surface area contributed by atoms with Gasteiger partial charge in [0.1, 0.15) is 0 Å². The molecule has 1 saturated carbocycles. The van der Waals surface area contributed by atoms with Gasteiger partial charge in [0.15, 0.2) is 0 Å². The van der Waals surface area contributed by atoms with Crippen LogP contribution in [0.3, 0.4) is 0 Å². The van der Waals surface area contributed by atoms with Gasteiger partial charge in [-0.25, -0.2) is 0 Å². The summed E-state index contributed by atoms with van der Waals surface area (Å²) in [5.74, 6) is 0.112. The van der Waals surface area contributed by atoms with Crippen molar-refractivity contribution >= 4 is 23.1 Å². The quantitative estimate of drug-likeness (QED) is 0.552. The first-order valence-electron chi connectivity index (χ1n) is 7.21. The van der Waals surface area contributed by atoms with Gasteiger partial charge in [0.2, 0.25) is 5.91 Å². The van der Waals surface area contributed by atoms with Gasteiger partial charge in [0.25, 0.3) is 0 Å². The summed E-state index contributed by atoms with van der Waals surface area (Å²) in [6, 6.07) is 0. The number of carbonyl (C=O) groups is 1. The molecule has 0 aromatic carbocycles.